The van der Waals surface area contributed by atoms with E-state index in [0.29, 0.717) is 12.1 Å². The fourth-order valence-corrected chi connectivity index (χ4v) is 4.15. The molecule has 3 aromatic rings. The molecule has 0 saturated carbocycles. The molecule has 2 aromatic carbocycles. The van der Waals surface area contributed by atoms with Crippen molar-refractivity contribution in [2.75, 3.05) is 11.9 Å². The Bertz CT molecular complexity index is 1160. The summed E-state index contributed by atoms with van der Waals surface area (Å²) in [6.45, 7) is 1.67. The van der Waals surface area contributed by atoms with Gasteiger partial charge in [-0.25, -0.2) is 4.79 Å². The largest absolute Gasteiger partial charge is 0.459 e. The van der Waals surface area contributed by atoms with Crippen molar-refractivity contribution in [2.45, 2.75) is 25.9 Å². The van der Waals surface area contributed by atoms with Crippen molar-refractivity contribution in [1.82, 2.24) is 4.90 Å². The molecule has 2 amide bonds. The van der Waals surface area contributed by atoms with E-state index < -0.39 is 30.4 Å². The van der Waals surface area contributed by atoms with Crippen molar-refractivity contribution in [3.8, 4) is 0 Å². The predicted molar refractivity (Wildman–Crippen MR) is 121 cm³/mol. The van der Waals surface area contributed by atoms with Crippen molar-refractivity contribution < 1.29 is 23.5 Å². The molecule has 1 atom stereocenters. The molecule has 0 spiro atoms. The van der Waals surface area contributed by atoms with Gasteiger partial charge < -0.3 is 19.4 Å². The molecular formula is C24H21BrN2O5. The van der Waals surface area contributed by atoms with Gasteiger partial charge >= 0.3 is 5.97 Å². The molecule has 0 saturated heterocycles. The van der Waals surface area contributed by atoms with Crippen LogP contribution in [0.1, 0.15) is 27.2 Å². The van der Waals surface area contributed by atoms with Crippen molar-refractivity contribution >= 4 is 39.4 Å². The van der Waals surface area contributed by atoms with E-state index in [9.17, 15) is 14.4 Å². The van der Waals surface area contributed by atoms with Crippen LogP contribution in [-0.4, -0.2) is 35.3 Å². The number of furan rings is 1. The zero-order valence-electron chi connectivity index (χ0n) is 17.3. The van der Waals surface area contributed by atoms with E-state index in [1.165, 1.54) is 11.2 Å². The maximum absolute atomic E-state index is 13.0. The summed E-state index contributed by atoms with van der Waals surface area (Å²) in [7, 11) is 0. The lowest BCUT2D eigenvalue weighted by Crippen LogP contribution is -2.49. The maximum atomic E-state index is 13.0. The van der Waals surface area contributed by atoms with Crippen molar-refractivity contribution in [1.29, 1.82) is 0 Å². The first kappa shape index (κ1) is 21.8. The lowest BCUT2D eigenvalue weighted by atomic mass is 9.93. The summed E-state index contributed by atoms with van der Waals surface area (Å²) in [6.07, 6.45) is 1.71. The van der Waals surface area contributed by atoms with Gasteiger partial charge in [0.15, 0.2) is 12.4 Å². The molecule has 2 heterocycles. The third-order valence-corrected chi connectivity index (χ3v) is 5.81. The van der Waals surface area contributed by atoms with Crippen LogP contribution in [0.5, 0.6) is 0 Å². The molecule has 164 valence electrons. The Hall–Kier alpha value is -3.39. The van der Waals surface area contributed by atoms with Crippen LogP contribution in [0.15, 0.2) is 69.8 Å². The highest BCUT2D eigenvalue weighted by Crippen LogP contribution is 2.26. The fraction of sp³-hybridized carbons (Fsp3) is 0.208. The SMILES string of the molecule is Cc1cc(Br)ccc1NC(=O)COC(=O)C1Cc2ccccc2CN1C(=O)c1ccco1. The van der Waals surface area contributed by atoms with E-state index in [4.69, 9.17) is 9.15 Å². The van der Waals surface area contributed by atoms with Gasteiger partial charge in [-0.3, -0.25) is 9.59 Å². The zero-order valence-corrected chi connectivity index (χ0v) is 18.9. The topological polar surface area (TPSA) is 88.9 Å². The molecule has 1 aliphatic rings. The van der Waals surface area contributed by atoms with Gasteiger partial charge in [0.1, 0.15) is 6.04 Å². The number of halogens is 1. The molecule has 0 fully saturated rings. The second kappa shape index (κ2) is 9.40. The number of nitrogens with zero attached hydrogens (tertiary/aromatic N) is 1. The first-order valence-corrected chi connectivity index (χ1v) is 10.9. The normalized spacial score (nSPS) is 15.1. The number of hydrogen-bond acceptors (Lipinski definition) is 5. The molecule has 32 heavy (non-hydrogen) atoms. The van der Waals surface area contributed by atoms with Crippen LogP contribution >= 0.6 is 15.9 Å². The minimum atomic E-state index is -0.857. The molecule has 8 heteroatoms. The van der Waals surface area contributed by atoms with Crippen LogP contribution in [0.4, 0.5) is 5.69 Å². The Morgan fingerprint density at radius 2 is 1.91 bits per heavy atom. The molecule has 4 rings (SSSR count). The van der Waals surface area contributed by atoms with Gasteiger partial charge in [-0.05, 0) is 53.9 Å². The van der Waals surface area contributed by atoms with E-state index in [0.717, 1.165) is 21.2 Å². The third kappa shape index (κ3) is 4.75. The lowest BCUT2D eigenvalue weighted by molar-refractivity contribution is -0.152. The number of aryl methyl sites for hydroxylation is 1. The highest BCUT2D eigenvalue weighted by molar-refractivity contribution is 9.10. The highest BCUT2D eigenvalue weighted by atomic mass is 79.9. The van der Waals surface area contributed by atoms with Gasteiger partial charge in [-0.2, -0.15) is 0 Å². The number of carbonyl (C=O) groups excluding carboxylic acids is 3. The highest BCUT2D eigenvalue weighted by Gasteiger charge is 2.37. The van der Waals surface area contributed by atoms with Crippen molar-refractivity contribution in [2.24, 2.45) is 0 Å². The van der Waals surface area contributed by atoms with E-state index in [1.807, 2.05) is 43.3 Å². The quantitative estimate of drug-likeness (QED) is 0.537. The summed E-state index contributed by atoms with van der Waals surface area (Å²) >= 11 is 3.38. The third-order valence-electron chi connectivity index (χ3n) is 5.32. The van der Waals surface area contributed by atoms with Gasteiger partial charge in [0.25, 0.3) is 11.8 Å². The number of carbonyl (C=O) groups is 3. The van der Waals surface area contributed by atoms with E-state index in [2.05, 4.69) is 21.2 Å². The van der Waals surface area contributed by atoms with Crippen molar-refractivity contribution in [3.63, 3.8) is 0 Å². The number of hydrogen-bond donors (Lipinski definition) is 1. The van der Waals surface area contributed by atoms with Gasteiger partial charge in [0.05, 0.1) is 6.26 Å². The second-order valence-corrected chi connectivity index (χ2v) is 8.43. The van der Waals surface area contributed by atoms with Crippen LogP contribution < -0.4 is 5.32 Å². The Balaban J connectivity index is 1.46. The molecule has 1 aliphatic heterocycles. The number of fused-ring (bicyclic) bond motifs is 1. The van der Waals surface area contributed by atoms with Gasteiger partial charge in [-0.15, -0.1) is 0 Å². The van der Waals surface area contributed by atoms with Gasteiger partial charge in [-0.1, -0.05) is 40.2 Å². The molecule has 0 radical (unpaired) electrons. The number of esters is 1. The van der Waals surface area contributed by atoms with E-state index in [-0.39, 0.29) is 12.3 Å². The Morgan fingerprint density at radius 3 is 2.62 bits per heavy atom. The summed E-state index contributed by atoms with van der Waals surface area (Å²) in [5.41, 5.74) is 3.43. The number of amides is 2. The van der Waals surface area contributed by atoms with Crippen LogP contribution in [0.3, 0.4) is 0 Å². The zero-order chi connectivity index (χ0) is 22.7. The molecule has 1 unspecified atom stereocenters. The lowest BCUT2D eigenvalue weighted by Gasteiger charge is -2.34. The van der Waals surface area contributed by atoms with Crippen LogP contribution in [0.25, 0.3) is 0 Å². The predicted octanol–water partition coefficient (Wildman–Crippen LogP) is 4.10. The smallest absolute Gasteiger partial charge is 0.329 e. The number of ether oxygens (including phenoxy) is 1. The molecule has 1 aromatic heterocycles. The van der Waals surface area contributed by atoms with Gasteiger partial charge in [0.2, 0.25) is 0 Å². The van der Waals surface area contributed by atoms with Crippen LogP contribution in [0.2, 0.25) is 0 Å². The Kier molecular flexibility index (Phi) is 6.41. The Morgan fingerprint density at radius 1 is 1.12 bits per heavy atom. The van der Waals surface area contributed by atoms with Crippen LogP contribution in [-0.2, 0) is 27.3 Å². The van der Waals surface area contributed by atoms with Crippen molar-refractivity contribution in [3.05, 3.63) is 87.8 Å². The maximum Gasteiger partial charge on any atom is 0.329 e. The summed E-state index contributed by atoms with van der Waals surface area (Å²) in [5.74, 6) is -1.35. The number of rotatable bonds is 5. The fourth-order valence-electron chi connectivity index (χ4n) is 3.68. The number of anilines is 1. The van der Waals surface area contributed by atoms with E-state index >= 15 is 0 Å². The summed E-state index contributed by atoms with van der Waals surface area (Å²) in [4.78, 5) is 39.7. The van der Waals surface area contributed by atoms with Crippen LogP contribution in [0, 0.1) is 6.92 Å². The monoisotopic (exact) mass is 496 g/mol. The second-order valence-electron chi connectivity index (χ2n) is 7.51. The molecule has 1 N–H and O–H groups in total. The summed E-state index contributed by atoms with van der Waals surface area (Å²) in [6, 6.07) is 15.4. The standard InChI is InChI=1S/C24H21BrN2O5/c1-15-11-18(25)8-9-19(15)26-22(28)14-32-24(30)20-12-16-5-2-3-6-17(16)13-27(20)23(29)21-7-4-10-31-21/h2-11,20H,12-14H2,1H3,(H,26,28). The first-order valence-electron chi connectivity index (χ1n) is 10.1. The molecule has 7 nitrogen and oxygen atoms in total. The first-order chi connectivity index (χ1) is 15.4. The van der Waals surface area contributed by atoms with E-state index in [1.54, 1.807) is 18.2 Å². The molecule has 0 aliphatic carbocycles. The average molecular weight is 497 g/mol. The Labute approximate surface area is 193 Å². The summed E-state index contributed by atoms with van der Waals surface area (Å²) < 4.78 is 11.4. The summed E-state index contributed by atoms with van der Waals surface area (Å²) in [5, 5.41) is 2.74. The van der Waals surface area contributed by atoms with Gasteiger partial charge in [0, 0.05) is 23.1 Å². The number of nitrogens with one attached hydrogen (secondary N) is 1. The number of benzene rings is 2. The molecular weight excluding hydrogens is 476 g/mol. The minimum Gasteiger partial charge on any atom is -0.459 e. The molecule has 0 bridgehead atoms. The minimum absolute atomic E-state index is 0.144. The average Bonchev–Trinajstić information content (AvgIpc) is 3.33.